The lowest BCUT2D eigenvalue weighted by Crippen LogP contribution is -2.05. The van der Waals surface area contributed by atoms with Gasteiger partial charge >= 0.3 is 5.97 Å². The third kappa shape index (κ3) is 4.59. The molecule has 0 saturated heterocycles. The van der Waals surface area contributed by atoms with Crippen molar-refractivity contribution < 1.29 is 18.7 Å². The van der Waals surface area contributed by atoms with Crippen molar-refractivity contribution in [3.63, 3.8) is 0 Å². The third-order valence-corrected chi connectivity index (χ3v) is 4.44. The number of furan rings is 1. The van der Waals surface area contributed by atoms with Crippen molar-refractivity contribution in [1.29, 1.82) is 0 Å². The van der Waals surface area contributed by atoms with E-state index in [0.717, 1.165) is 5.56 Å². The van der Waals surface area contributed by atoms with Crippen LogP contribution in [-0.4, -0.2) is 18.4 Å². The normalized spacial score (nSPS) is 11.0. The van der Waals surface area contributed by atoms with Crippen molar-refractivity contribution in [1.82, 2.24) is 0 Å². The van der Waals surface area contributed by atoms with Crippen LogP contribution in [0.2, 0.25) is 5.02 Å². The Labute approximate surface area is 168 Å². The highest BCUT2D eigenvalue weighted by Crippen LogP contribution is 2.28. The van der Waals surface area contributed by atoms with Gasteiger partial charge in [-0.2, -0.15) is 0 Å². The molecular formula is C23H19ClO4. The summed E-state index contributed by atoms with van der Waals surface area (Å²) < 4.78 is 10.8. The van der Waals surface area contributed by atoms with E-state index in [1.54, 1.807) is 55.5 Å². The van der Waals surface area contributed by atoms with Crippen LogP contribution >= 0.6 is 11.6 Å². The summed E-state index contributed by atoms with van der Waals surface area (Å²) in [5.41, 5.74) is 2.69. The van der Waals surface area contributed by atoms with Gasteiger partial charge in [-0.15, -0.1) is 0 Å². The van der Waals surface area contributed by atoms with Gasteiger partial charge in [-0.25, -0.2) is 4.79 Å². The van der Waals surface area contributed by atoms with Crippen molar-refractivity contribution >= 4 is 29.4 Å². The lowest BCUT2D eigenvalue weighted by atomic mass is 10.1. The second-order valence-corrected chi connectivity index (χ2v) is 6.59. The Morgan fingerprint density at radius 3 is 2.54 bits per heavy atom. The second kappa shape index (κ2) is 8.72. The molecule has 0 fully saturated rings. The van der Waals surface area contributed by atoms with E-state index < -0.39 is 5.97 Å². The molecule has 0 radical (unpaired) electrons. The number of carbonyl (C=O) groups is 2. The number of allylic oxidation sites excluding steroid dienone is 1. The van der Waals surface area contributed by atoms with E-state index in [1.807, 2.05) is 19.1 Å². The number of esters is 1. The molecule has 3 aromatic rings. The maximum Gasteiger partial charge on any atom is 0.339 e. The van der Waals surface area contributed by atoms with Gasteiger partial charge in [0.15, 0.2) is 5.78 Å². The van der Waals surface area contributed by atoms with Gasteiger partial charge in [0.2, 0.25) is 0 Å². The molecule has 0 aliphatic carbocycles. The second-order valence-electron chi connectivity index (χ2n) is 6.18. The zero-order valence-electron chi connectivity index (χ0n) is 15.6. The number of ether oxygens (including phenoxy) is 1. The fourth-order valence-corrected chi connectivity index (χ4v) is 2.81. The lowest BCUT2D eigenvalue weighted by Gasteiger charge is -2.05. The molecule has 0 spiro atoms. The Bertz CT molecular complexity index is 1030. The predicted molar refractivity (Wildman–Crippen MR) is 110 cm³/mol. The molecule has 3 rings (SSSR count). The van der Waals surface area contributed by atoms with Gasteiger partial charge in [-0.05, 0) is 56.3 Å². The minimum atomic E-state index is -0.482. The van der Waals surface area contributed by atoms with Crippen LogP contribution in [0.3, 0.4) is 0 Å². The van der Waals surface area contributed by atoms with Gasteiger partial charge in [0.25, 0.3) is 0 Å². The highest BCUT2D eigenvalue weighted by Gasteiger charge is 2.14. The van der Waals surface area contributed by atoms with Gasteiger partial charge in [0.05, 0.1) is 17.2 Å². The lowest BCUT2D eigenvalue weighted by molar-refractivity contribution is 0.0526. The number of benzene rings is 2. The van der Waals surface area contributed by atoms with E-state index in [2.05, 4.69) is 0 Å². The summed E-state index contributed by atoms with van der Waals surface area (Å²) in [7, 11) is 0. The number of rotatable bonds is 6. The van der Waals surface area contributed by atoms with Crippen LogP contribution < -0.4 is 0 Å². The average Bonchev–Trinajstić information content (AvgIpc) is 3.16. The molecule has 1 aromatic heterocycles. The first kappa shape index (κ1) is 19.6. The van der Waals surface area contributed by atoms with Crippen LogP contribution in [0.1, 0.15) is 39.0 Å². The number of ketones is 1. The number of halogens is 1. The summed E-state index contributed by atoms with van der Waals surface area (Å²) in [6.45, 7) is 3.97. The first-order chi connectivity index (χ1) is 13.5. The molecule has 0 aliphatic rings. The Morgan fingerprint density at radius 2 is 1.82 bits per heavy atom. The van der Waals surface area contributed by atoms with Crippen molar-refractivity contribution in [2.45, 2.75) is 13.8 Å². The molecule has 0 N–H and O–H groups in total. The number of aryl methyl sites for hydroxylation is 1. The highest BCUT2D eigenvalue weighted by molar-refractivity contribution is 6.33. The molecule has 0 unspecified atom stereocenters. The maximum absolute atomic E-state index is 12.2. The molecular weight excluding hydrogens is 376 g/mol. The smallest absolute Gasteiger partial charge is 0.339 e. The summed E-state index contributed by atoms with van der Waals surface area (Å²) in [6, 6.07) is 15.9. The third-order valence-electron chi connectivity index (χ3n) is 4.11. The highest BCUT2D eigenvalue weighted by atomic mass is 35.5. The Hall–Kier alpha value is -3.11. The summed E-state index contributed by atoms with van der Waals surface area (Å²) in [5, 5.41) is 0.317. The number of hydrogen-bond acceptors (Lipinski definition) is 4. The van der Waals surface area contributed by atoms with Gasteiger partial charge < -0.3 is 9.15 Å². The zero-order chi connectivity index (χ0) is 20.1. The standard InChI is InChI=1S/C23H19ClO4/c1-3-27-23(26)19-14-17(8-11-20(19)24)22-13-10-18(28-22)9-12-21(25)16-6-4-15(2)5-7-16/h4-14H,3H2,1-2H3/b12-9+. The molecule has 142 valence electrons. The Kier molecular flexibility index (Phi) is 6.12. The average molecular weight is 395 g/mol. The molecule has 5 heteroatoms. The van der Waals surface area contributed by atoms with E-state index in [-0.39, 0.29) is 18.0 Å². The summed E-state index contributed by atoms with van der Waals surface area (Å²) in [4.78, 5) is 24.2. The minimum absolute atomic E-state index is 0.103. The van der Waals surface area contributed by atoms with Crippen LogP contribution in [0.4, 0.5) is 0 Å². The van der Waals surface area contributed by atoms with Crippen molar-refractivity contribution in [2.24, 2.45) is 0 Å². The Balaban J connectivity index is 1.78. The molecule has 0 bridgehead atoms. The fraction of sp³-hybridized carbons (Fsp3) is 0.130. The van der Waals surface area contributed by atoms with Crippen LogP contribution in [-0.2, 0) is 4.74 Å². The zero-order valence-corrected chi connectivity index (χ0v) is 16.3. The first-order valence-electron chi connectivity index (χ1n) is 8.84. The van der Waals surface area contributed by atoms with Crippen LogP contribution in [0.15, 0.2) is 65.1 Å². The summed E-state index contributed by atoms with van der Waals surface area (Å²) >= 11 is 6.09. The molecule has 1 heterocycles. The largest absolute Gasteiger partial charge is 0.462 e. The fourth-order valence-electron chi connectivity index (χ4n) is 2.61. The van der Waals surface area contributed by atoms with Crippen LogP contribution in [0, 0.1) is 6.92 Å². The van der Waals surface area contributed by atoms with Crippen LogP contribution in [0.5, 0.6) is 0 Å². The molecule has 28 heavy (non-hydrogen) atoms. The maximum atomic E-state index is 12.2. The molecule has 0 amide bonds. The van der Waals surface area contributed by atoms with E-state index in [4.69, 9.17) is 20.8 Å². The van der Waals surface area contributed by atoms with E-state index >= 15 is 0 Å². The van der Waals surface area contributed by atoms with E-state index in [9.17, 15) is 9.59 Å². The van der Waals surface area contributed by atoms with Crippen molar-refractivity contribution in [3.8, 4) is 11.3 Å². The molecule has 0 aliphatic heterocycles. The molecule has 4 nitrogen and oxygen atoms in total. The van der Waals surface area contributed by atoms with Gasteiger partial charge in [-0.3, -0.25) is 4.79 Å². The number of carbonyl (C=O) groups excluding carboxylic acids is 2. The molecule has 2 aromatic carbocycles. The molecule has 0 saturated carbocycles. The minimum Gasteiger partial charge on any atom is -0.462 e. The van der Waals surface area contributed by atoms with Gasteiger partial charge in [0, 0.05) is 11.1 Å². The predicted octanol–water partition coefficient (Wildman–Crippen LogP) is 5.98. The summed E-state index contributed by atoms with van der Waals surface area (Å²) in [6.07, 6.45) is 3.09. The van der Waals surface area contributed by atoms with Crippen molar-refractivity contribution in [3.05, 3.63) is 88.1 Å². The van der Waals surface area contributed by atoms with E-state index in [1.165, 1.54) is 6.08 Å². The van der Waals surface area contributed by atoms with E-state index in [0.29, 0.717) is 27.7 Å². The monoisotopic (exact) mass is 394 g/mol. The first-order valence-corrected chi connectivity index (χ1v) is 9.21. The quantitative estimate of drug-likeness (QED) is 0.293. The van der Waals surface area contributed by atoms with Crippen LogP contribution in [0.25, 0.3) is 17.4 Å². The number of hydrogen-bond donors (Lipinski definition) is 0. The topological polar surface area (TPSA) is 56.5 Å². The van der Waals surface area contributed by atoms with Gasteiger partial charge in [-0.1, -0.05) is 41.4 Å². The molecule has 0 atom stereocenters. The SMILES string of the molecule is CCOC(=O)c1cc(-c2ccc(/C=C/C(=O)c3ccc(C)cc3)o2)ccc1Cl. The Morgan fingerprint density at radius 1 is 1.07 bits per heavy atom. The van der Waals surface area contributed by atoms with Crippen molar-refractivity contribution in [2.75, 3.05) is 6.61 Å². The summed E-state index contributed by atoms with van der Waals surface area (Å²) in [5.74, 6) is 0.506. The van der Waals surface area contributed by atoms with Gasteiger partial charge in [0.1, 0.15) is 11.5 Å².